The number of likely N-dealkylation sites (tertiary alicyclic amines) is 2. The molecule has 2 N–H and O–H groups in total. The van der Waals surface area contributed by atoms with E-state index in [0.29, 0.717) is 24.9 Å². The third kappa shape index (κ3) is 5.41. The Labute approximate surface area is 222 Å². The SMILES string of the molecule is NC(=O)C(c1ccccc1)[C@H](CCN1CC2CN(C(=O)c3c(F)cccc3Cl)CC2C1)c1ccccc1. The molecule has 0 saturated carbocycles. The molecule has 0 aromatic heterocycles. The second-order valence-corrected chi connectivity index (χ2v) is 10.6. The van der Waals surface area contributed by atoms with Gasteiger partial charge in [-0.25, -0.2) is 4.39 Å². The van der Waals surface area contributed by atoms with Crippen LogP contribution in [0.3, 0.4) is 0 Å². The van der Waals surface area contributed by atoms with Crippen LogP contribution in [0.15, 0.2) is 78.9 Å². The van der Waals surface area contributed by atoms with Crippen LogP contribution < -0.4 is 5.73 Å². The number of halogens is 2. The smallest absolute Gasteiger partial charge is 0.258 e. The molecule has 5 nitrogen and oxygen atoms in total. The Balaban J connectivity index is 1.25. The molecule has 2 heterocycles. The summed E-state index contributed by atoms with van der Waals surface area (Å²) in [6, 6.07) is 24.2. The Morgan fingerprint density at radius 2 is 1.46 bits per heavy atom. The van der Waals surface area contributed by atoms with E-state index in [9.17, 15) is 14.0 Å². The number of amides is 2. The molecule has 7 heteroatoms. The van der Waals surface area contributed by atoms with Gasteiger partial charge in [0.25, 0.3) is 5.91 Å². The summed E-state index contributed by atoms with van der Waals surface area (Å²) in [6.07, 6.45) is 0.791. The molecule has 2 aliphatic rings. The lowest BCUT2D eigenvalue weighted by atomic mass is 9.79. The average Bonchev–Trinajstić information content (AvgIpc) is 3.46. The van der Waals surface area contributed by atoms with Gasteiger partial charge in [-0.1, -0.05) is 78.3 Å². The van der Waals surface area contributed by atoms with Crippen molar-refractivity contribution in [3.63, 3.8) is 0 Å². The van der Waals surface area contributed by atoms with Gasteiger partial charge in [0.2, 0.25) is 5.91 Å². The zero-order chi connectivity index (χ0) is 25.9. The Morgan fingerprint density at radius 3 is 2.03 bits per heavy atom. The predicted molar refractivity (Wildman–Crippen MR) is 143 cm³/mol. The summed E-state index contributed by atoms with van der Waals surface area (Å²) in [7, 11) is 0. The summed E-state index contributed by atoms with van der Waals surface area (Å²) in [6.45, 7) is 3.76. The lowest BCUT2D eigenvalue weighted by Crippen LogP contribution is -2.35. The van der Waals surface area contributed by atoms with Crippen molar-refractivity contribution in [2.75, 3.05) is 32.7 Å². The van der Waals surface area contributed by atoms with Crippen molar-refractivity contribution in [2.24, 2.45) is 17.6 Å². The fourth-order valence-electron chi connectivity index (χ4n) is 6.10. The maximum atomic E-state index is 14.3. The van der Waals surface area contributed by atoms with E-state index < -0.39 is 11.7 Å². The maximum absolute atomic E-state index is 14.3. The van der Waals surface area contributed by atoms with Crippen molar-refractivity contribution in [1.29, 1.82) is 0 Å². The molecule has 2 saturated heterocycles. The van der Waals surface area contributed by atoms with Crippen LogP contribution in [0.5, 0.6) is 0 Å². The largest absolute Gasteiger partial charge is 0.369 e. The molecule has 3 unspecified atom stereocenters. The fourth-order valence-corrected chi connectivity index (χ4v) is 6.35. The molecule has 192 valence electrons. The number of primary amides is 1. The minimum atomic E-state index is -0.578. The summed E-state index contributed by atoms with van der Waals surface area (Å²) in [5.41, 5.74) is 7.95. The normalized spacial score (nSPS) is 21.0. The van der Waals surface area contributed by atoms with Crippen LogP contribution in [0.1, 0.15) is 39.7 Å². The molecule has 3 aromatic carbocycles. The topological polar surface area (TPSA) is 66.6 Å². The van der Waals surface area contributed by atoms with Gasteiger partial charge in [-0.15, -0.1) is 0 Å². The Bertz CT molecular complexity index is 1220. The zero-order valence-corrected chi connectivity index (χ0v) is 21.4. The van der Waals surface area contributed by atoms with Crippen LogP contribution in [-0.2, 0) is 4.79 Å². The number of rotatable bonds is 8. The van der Waals surface area contributed by atoms with Crippen molar-refractivity contribution in [2.45, 2.75) is 18.3 Å². The molecular weight excluding hydrogens is 489 g/mol. The fraction of sp³-hybridized carbons (Fsp3) is 0.333. The molecule has 2 fully saturated rings. The number of hydrogen-bond acceptors (Lipinski definition) is 3. The summed E-state index contributed by atoms with van der Waals surface area (Å²) in [4.78, 5) is 29.8. The number of benzene rings is 3. The van der Waals surface area contributed by atoms with E-state index >= 15 is 0 Å². The predicted octanol–water partition coefficient (Wildman–Crippen LogP) is 4.93. The summed E-state index contributed by atoms with van der Waals surface area (Å²) in [5, 5.41) is 0.151. The molecule has 3 aromatic rings. The van der Waals surface area contributed by atoms with E-state index in [0.717, 1.165) is 37.2 Å². The zero-order valence-electron chi connectivity index (χ0n) is 20.6. The molecule has 2 amide bonds. The van der Waals surface area contributed by atoms with Gasteiger partial charge < -0.3 is 15.5 Å². The third-order valence-corrected chi connectivity index (χ3v) is 8.19. The highest BCUT2D eigenvalue weighted by Gasteiger charge is 2.42. The summed E-state index contributed by atoms with van der Waals surface area (Å²) >= 11 is 6.13. The first kappa shape index (κ1) is 25.4. The van der Waals surface area contributed by atoms with Gasteiger partial charge in [0.1, 0.15) is 5.82 Å². The van der Waals surface area contributed by atoms with Crippen molar-refractivity contribution in [3.05, 3.63) is 106 Å². The molecule has 5 rings (SSSR count). The highest BCUT2D eigenvalue weighted by Crippen LogP contribution is 2.38. The number of hydrogen-bond donors (Lipinski definition) is 1. The minimum Gasteiger partial charge on any atom is -0.369 e. The average molecular weight is 520 g/mol. The van der Waals surface area contributed by atoms with Crippen molar-refractivity contribution in [3.8, 4) is 0 Å². The van der Waals surface area contributed by atoms with Gasteiger partial charge in [-0.3, -0.25) is 9.59 Å². The first-order chi connectivity index (χ1) is 17.9. The monoisotopic (exact) mass is 519 g/mol. The van der Waals surface area contributed by atoms with E-state index in [-0.39, 0.29) is 28.3 Å². The Morgan fingerprint density at radius 1 is 0.865 bits per heavy atom. The second-order valence-electron chi connectivity index (χ2n) is 10.2. The first-order valence-corrected chi connectivity index (χ1v) is 13.1. The van der Waals surface area contributed by atoms with Crippen molar-refractivity contribution < 1.29 is 14.0 Å². The number of fused-ring (bicyclic) bond motifs is 1. The summed E-state index contributed by atoms with van der Waals surface area (Å²) in [5.74, 6) is -1.01. The standard InChI is InChI=1S/C30H31ClFN3O2/c31-25-12-7-13-26(32)28(25)30(37)35-18-22-16-34(17-23(22)19-35)15-14-24(20-8-3-1-4-9-20)27(29(33)36)21-10-5-2-6-11-21/h1-13,22-24,27H,14-19H2,(H2,33,36)/t22?,23?,24-,27?/m1/s1. The van der Waals surface area contributed by atoms with Crippen LogP contribution in [0, 0.1) is 17.7 Å². The molecule has 4 atom stereocenters. The van der Waals surface area contributed by atoms with Gasteiger partial charge in [-0.2, -0.15) is 0 Å². The van der Waals surface area contributed by atoms with Crippen LogP contribution in [0.25, 0.3) is 0 Å². The first-order valence-electron chi connectivity index (χ1n) is 12.8. The molecule has 37 heavy (non-hydrogen) atoms. The highest BCUT2D eigenvalue weighted by atomic mass is 35.5. The number of nitrogens with two attached hydrogens (primary N) is 1. The lowest BCUT2D eigenvalue weighted by Gasteiger charge is -2.28. The van der Waals surface area contributed by atoms with Gasteiger partial charge in [0.05, 0.1) is 16.5 Å². The van der Waals surface area contributed by atoms with E-state index in [4.69, 9.17) is 17.3 Å². The van der Waals surface area contributed by atoms with Gasteiger partial charge in [0.15, 0.2) is 0 Å². The molecular formula is C30H31ClFN3O2. The quantitative estimate of drug-likeness (QED) is 0.459. The van der Waals surface area contributed by atoms with Crippen LogP contribution in [-0.4, -0.2) is 54.3 Å². The molecule has 0 spiro atoms. The van der Waals surface area contributed by atoms with Gasteiger partial charge in [0, 0.05) is 32.1 Å². The van der Waals surface area contributed by atoms with E-state index in [1.54, 1.807) is 11.0 Å². The van der Waals surface area contributed by atoms with E-state index in [1.807, 2.05) is 48.5 Å². The van der Waals surface area contributed by atoms with Crippen LogP contribution in [0.2, 0.25) is 5.02 Å². The highest BCUT2D eigenvalue weighted by molar-refractivity contribution is 6.33. The van der Waals surface area contributed by atoms with E-state index in [2.05, 4.69) is 17.0 Å². The Hall–Kier alpha value is -3.22. The number of carbonyl (C=O) groups is 2. The molecule has 2 aliphatic heterocycles. The lowest BCUT2D eigenvalue weighted by molar-refractivity contribution is -0.120. The number of carbonyl (C=O) groups excluding carboxylic acids is 2. The van der Waals surface area contributed by atoms with Crippen molar-refractivity contribution >= 4 is 23.4 Å². The number of nitrogens with zero attached hydrogens (tertiary/aromatic N) is 2. The maximum Gasteiger partial charge on any atom is 0.258 e. The minimum absolute atomic E-state index is 0.0369. The molecule has 0 bridgehead atoms. The van der Waals surface area contributed by atoms with Crippen LogP contribution >= 0.6 is 11.6 Å². The van der Waals surface area contributed by atoms with Crippen LogP contribution in [0.4, 0.5) is 4.39 Å². The molecule has 0 aliphatic carbocycles. The van der Waals surface area contributed by atoms with Gasteiger partial charge in [-0.05, 0) is 48.1 Å². The van der Waals surface area contributed by atoms with Gasteiger partial charge >= 0.3 is 0 Å². The Kier molecular flexibility index (Phi) is 7.58. The van der Waals surface area contributed by atoms with E-state index in [1.165, 1.54) is 12.1 Å². The van der Waals surface area contributed by atoms with Crippen molar-refractivity contribution in [1.82, 2.24) is 9.80 Å². The molecule has 0 radical (unpaired) electrons. The summed E-state index contributed by atoms with van der Waals surface area (Å²) < 4.78 is 14.3. The second kappa shape index (κ2) is 11.0. The third-order valence-electron chi connectivity index (χ3n) is 7.88.